The van der Waals surface area contributed by atoms with Crippen LogP contribution in [0.25, 0.3) is 10.9 Å². The van der Waals surface area contributed by atoms with Gasteiger partial charge in [0, 0.05) is 28.9 Å². The number of hydrogen-bond donors (Lipinski definition) is 3. The van der Waals surface area contributed by atoms with Crippen LogP contribution in [0.3, 0.4) is 0 Å². The topological polar surface area (TPSA) is 130 Å². The number of carbonyl (C=O) groups is 2. The maximum atomic E-state index is 13.3. The lowest BCUT2D eigenvalue weighted by Gasteiger charge is -2.14. The third kappa shape index (κ3) is 5.40. The molecule has 3 N–H and O–H groups in total. The monoisotopic (exact) mass is 454 g/mol. The molecule has 0 aliphatic rings. The first-order chi connectivity index (χ1) is 14.2. The van der Waals surface area contributed by atoms with Crippen molar-refractivity contribution < 1.29 is 33.1 Å². The van der Waals surface area contributed by atoms with E-state index in [0.29, 0.717) is 28.6 Å². The van der Waals surface area contributed by atoms with E-state index in [0.717, 1.165) is 11.3 Å². The molecule has 0 aliphatic carbocycles. The summed E-state index contributed by atoms with van der Waals surface area (Å²) in [4.78, 5) is 49.7. The van der Waals surface area contributed by atoms with Gasteiger partial charge in [0.15, 0.2) is 5.01 Å². The van der Waals surface area contributed by atoms with E-state index in [-0.39, 0.29) is 29.8 Å². The SMILES string of the molecule is CC[C@H](OC(=O)CCCP(=O)(O)O)c1csc(C(=O)c2c[nH]c3cc(F)ccc23)n1. The zero-order chi connectivity index (χ0) is 21.9. The van der Waals surface area contributed by atoms with Crippen LogP contribution in [0, 0.1) is 5.82 Å². The minimum Gasteiger partial charge on any atom is -0.456 e. The number of ketones is 1. The first kappa shape index (κ1) is 22.3. The van der Waals surface area contributed by atoms with Crippen molar-refractivity contribution in [2.75, 3.05) is 6.16 Å². The summed E-state index contributed by atoms with van der Waals surface area (Å²) in [7, 11) is -4.15. The van der Waals surface area contributed by atoms with Crippen molar-refractivity contribution in [2.24, 2.45) is 0 Å². The molecule has 8 nitrogen and oxygen atoms in total. The minimum absolute atomic E-state index is 0.0154. The normalized spacial score (nSPS) is 12.8. The minimum atomic E-state index is -4.15. The number of hydrogen-bond acceptors (Lipinski definition) is 6. The van der Waals surface area contributed by atoms with Gasteiger partial charge in [-0.2, -0.15) is 0 Å². The third-order valence-electron chi connectivity index (χ3n) is 4.41. The Labute approximate surface area is 175 Å². The molecule has 0 unspecified atom stereocenters. The van der Waals surface area contributed by atoms with Gasteiger partial charge in [-0.3, -0.25) is 14.2 Å². The lowest BCUT2D eigenvalue weighted by molar-refractivity contribution is -0.149. The lowest BCUT2D eigenvalue weighted by Crippen LogP contribution is -2.12. The molecule has 0 fully saturated rings. The van der Waals surface area contributed by atoms with Crippen LogP contribution in [-0.4, -0.2) is 37.7 Å². The molecule has 3 rings (SSSR count). The fraction of sp³-hybridized carbons (Fsp3) is 0.316. The maximum absolute atomic E-state index is 13.3. The first-order valence-corrected chi connectivity index (χ1v) is 11.9. The van der Waals surface area contributed by atoms with E-state index in [1.165, 1.54) is 24.4 Å². The second-order valence-corrected chi connectivity index (χ2v) is 9.31. The van der Waals surface area contributed by atoms with E-state index in [2.05, 4.69) is 9.97 Å². The van der Waals surface area contributed by atoms with Crippen molar-refractivity contribution in [1.82, 2.24) is 9.97 Å². The van der Waals surface area contributed by atoms with E-state index in [1.54, 1.807) is 12.3 Å². The van der Waals surface area contributed by atoms with Crippen LogP contribution in [0.2, 0.25) is 0 Å². The molecule has 11 heteroatoms. The average molecular weight is 454 g/mol. The Bertz CT molecular complexity index is 1120. The number of fused-ring (bicyclic) bond motifs is 1. The number of aromatic amines is 1. The van der Waals surface area contributed by atoms with Crippen LogP contribution < -0.4 is 0 Å². The molecule has 0 saturated heterocycles. The van der Waals surface area contributed by atoms with Crippen LogP contribution in [0.4, 0.5) is 4.39 Å². The number of benzene rings is 1. The zero-order valence-electron chi connectivity index (χ0n) is 16.0. The van der Waals surface area contributed by atoms with Gasteiger partial charge in [-0.05, 0) is 31.0 Å². The van der Waals surface area contributed by atoms with Crippen molar-refractivity contribution in [3.05, 3.63) is 51.9 Å². The molecule has 0 radical (unpaired) electrons. The van der Waals surface area contributed by atoms with Crippen LogP contribution >= 0.6 is 18.9 Å². The van der Waals surface area contributed by atoms with Crippen molar-refractivity contribution in [3.8, 4) is 0 Å². The Hall–Kier alpha value is -2.39. The Morgan fingerprint density at radius 1 is 1.37 bits per heavy atom. The van der Waals surface area contributed by atoms with Gasteiger partial charge in [0.2, 0.25) is 5.78 Å². The molecule has 0 saturated carbocycles. The van der Waals surface area contributed by atoms with E-state index >= 15 is 0 Å². The molecule has 1 aromatic carbocycles. The summed E-state index contributed by atoms with van der Waals surface area (Å²) in [5.74, 6) is -1.32. The number of esters is 1. The molecule has 0 spiro atoms. The van der Waals surface area contributed by atoms with Gasteiger partial charge in [-0.25, -0.2) is 9.37 Å². The van der Waals surface area contributed by atoms with Gasteiger partial charge in [0.1, 0.15) is 11.9 Å². The number of thiazole rings is 1. The number of aromatic nitrogens is 2. The molecule has 2 heterocycles. The standard InChI is InChI=1S/C19H20FN2O6PS/c1-2-16(28-17(23)4-3-7-29(25,26)27)15-10-30-19(22-15)18(24)13-9-21-14-8-11(20)5-6-12(13)14/h5-6,8-10,16,21H,2-4,7H2,1H3,(H2,25,26,27)/t16-/m0/s1. The highest BCUT2D eigenvalue weighted by atomic mass is 32.1. The van der Waals surface area contributed by atoms with E-state index < -0.39 is 25.5 Å². The average Bonchev–Trinajstić information content (AvgIpc) is 3.31. The summed E-state index contributed by atoms with van der Waals surface area (Å²) in [6.07, 6.45) is 0.774. The zero-order valence-corrected chi connectivity index (χ0v) is 17.7. The predicted octanol–water partition coefficient (Wildman–Crippen LogP) is 3.95. The summed E-state index contributed by atoms with van der Waals surface area (Å²) in [5, 5.41) is 2.44. The van der Waals surface area contributed by atoms with Crippen molar-refractivity contribution in [1.29, 1.82) is 0 Å². The highest BCUT2D eigenvalue weighted by molar-refractivity contribution is 7.51. The molecule has 3 aromatic rings. The molecular formula is C19H20FN2O6PS. The van der Waals surface area contributed by atoms with Crippen molar-refractivity contribution in [3.63, 3.8) is 0 Å². The quantitative estimate of drug-likeness (QED) is 0.254. The Balaban J connectivity index is 1.69. The van der Waals surface area contributed by atoms with Gasteiger partial charge in [-0.15, -0.1) is 11.3 Å². The number of rotatable bonds is 9. The van der Waals surface area contributed by atoms with E-state index in [9.17, 15) is 18.5 Å². The van der Waals surface area contributed by atoms with Crippen LogP contribution in [-0.2, 0) is 14.1 Å². The molecule has 1 atom stereocenters. The second kappa shape index (κ2) is 9.18. The van der Waals surface area contributed by atoms with Crippen molar-refractivity contribution in [2.45, 2.75) is 32.3 Å². The molecular weight excluding hydrogens is 434 g/mol. The van der Waals surface area contributed by atoms with E-state index in [4.69, 9.17) is 14.5 Å². The largest absolute Gasteiger partial charge is 0.456 e. The van der Waals surface area contributed by atoms with Gasteiger partial charge < -0.3 is 19.5 Å². The summed E-state index contributed by atoms with van der Waals surface area (Å²) in [5.41, 5.74) is 1.30. The third-order valence-corrected chi connectivity index (χ3v) is 6.17. The highest BCUT2D eigenvalue weighted by Gasteiger charge is 2.23. The number of H-pyrrole nitrogens is 1. The van der Waals surface area contributed by atoms with Gasteiger partial charge in [-0.1, -0.05) is 6.92 Å². The van der Waals surface area contributed by atoms with Crippen LogP contribution in [0.15, 0.2) is 29.8 Å². The molecule has 0 bridgehead atoms. The Morgan fingerprint density at radius 2 is 2.13 bits per heavy atom. The molecule has 2 aromatic heterocycles. The van der Waals surface area contributed by atoms with Gasteiger partial charge in [0.05, 0.1) is 17.4 Å². The molecule has 30 heavy (non-hydrogen) atoms. The summed E-state index contributed by atoms with van der Waals surface area (Å²) < 4.78 is 29.6. The molecule has 0 amide bonds. The van der Waals surface area contributed by atoms with E-state index in [1.807, 2.05) is 0 Å². The number of nitrogens with one attached hydrogen (secondary N) is 1. The lowest BCUT2D eigenvalue weighted by atomic mass is 10.1. The van der Waals surface area contributed by atoms with Crippen LogP contribution in [0.1, 0.15) is 53.3 Å². The van der Waals surface area contributed by atoms with Gasteiger partial charge >= 0.3 is 13.6 Å². The second-order valence-electron chi connectivity index (χ2n) is 6.68. The Kier molecular flexibility index (Phi) is 6.82. The number of ether oxygens (including phenoxy) is 1. The van der Waals surface area contributed by atoms with Crippen LogP contribution in [0.5, 0.6) is 0 Å². The van der Waals surface area contributed by atoms with Crippen molar-refractivity contribution >= 4 is 41.6 Å². The number of halogens is 1. The number of nitrogens with zero attached hydrogens (tertiary/aromatic N) is 1. The predicted molar refractivity (Wildman–Crippen MR) is 109 cm³/mol. The fourth-order valence-electron chi connectivity index (χ4n) is 2.94. The summed E-state index contributed by atoms with van der Waals surface area (Å²) in [6, 6.07) is 4.11. The number of carbonyl (C=O) groups excluding carboxylic acids is 2. The molecule has 160 valence electrons. The maximum Gasteiger partial charge on any atom is 0.325 e. The highest BCUT2D eigenvalue weighted by Crippen LogP contribution is 2.35. The summed E-state index contributed by atoms with van der Waals surface area (Å²) in [6.45, 7) is 1.79. The van der Waals surface area contributed by atoms with Gasteiger partial charge in [0.25, 0.3) is 0 Å². The summed E-state index contributed by atoms with van der Waals surface area (Å²) >= 11 is 1.12. The molecule has 0 aliphatic heterocycles. The fourth-order valence-corrected chi connectivity index (χ4v) is 4.32. The smallest absolute Gasteiger partial charge is 0.325 e. The first-order valence-electron chi connectivity index (χ1n) is 9.18. The Morgan fingerprint density at radius 3 is 2.83 bits per heavy atom.